The standard InChI is InChI=1S/C22H25BrN2O3/c1-2-3-17-4-10-20(11-5-17)28-16-21(26)24-12-14-25(15-13-24)22(27)18-6-8-19(23)9-7-18/h4-11H,2-3,12-16H2,1H3. The van der Waals surface area contributed by atoms with Gasteiger partial charge in [-0.1, -0.05) is 41.4 Å². The van der Waals surface area contributed by atoms with Gasteiger partial charge in [0, 0.05) is 36.2 Å². The predicted octanol–water partition coefficient (Wildman–Crippen LogP) is 3.77. The van der Waals surface area contributed by atoms with E-state index in [2.05, 4.69) is 22.9 Å². The van der Waals surface area contributed by atoms with E-state index in [0.29, 0.717) is 37.5 Å². The molecule has 2 amide bonds. The van der Waals surface area contributed by atoms with Crippen LogP contribution in [0.5, 0.6) is 5.75 Å². The zero-order chi connectivity index (χ0) is 19.9. The number of halogens is 1. The van der Waals surface area contributed by atoms with Crippen LogP contribution in [0.2, 0.25) is 0 Å². The lowest BCUT2D eigenvalue weighted by atomic mass is 10.1. The molecule has 0 aliphatic carbocycles. The fourth-order valence-electron chi connectivity index (χ4n) is 3.21. The Bertz CT molecular complexity index is 798. The van der Waals surface area contributed by atoms with Crippen LogP contribution in [-0.4, -0.2) is 54.4 Å². The van der Waals surface area contributed by atoms with Gasteiger partial charge in [-0.2, -0.15) is 0 Å². The van der Waals surface area contributed by atoms with Crippen LogP contribution in [0, 0.1) is 0 Å². The first-order valence-corrected chi connectivity index (χ1v) is 10.4. The lowest BCUT2D eigenvalue weighted by molar-refractivity contribution is -0.134. The van der Waals surface area contributed by atoms with Crippen LogP contribution in [-0.2, 0) is 11.2 Å². The Labute approximate surface area is 174 Å². The molecule has 2 aromatic rings. The number of nitrogens with zero attached hydrogens (tertiary/aromatic N) is 2. The summed E-state index contributed by atoms with van der Waals surface area (Å²) < 4.78 is 6.58. The van der Waals surface area contributed by atoms with Crippen molar-refractivity contribution in [1.82, 2.24) is 9.80 Å². The molecule has 148 valence electrons. The first kappa shape index (κ1) is 20.4. The van der Waals surface area contributed by atoms with Gasteiger partial charge in [0.1, 0.15) is 5.75 Å². The van der Waals surface area contributed by atoms with Crippen molar-refractivity contribution in [2.75, 3.05) is 32.8 Å². The molecule has 0 saturated carbocycles. The van der Waals surface area contributed by atoms with E-state index in [4.69, 9.17) is 4.74 Å². The topological polar surface area (TPSA) is 49.9 Å². The SMILES string of the molecule is CCCc1ccc(OCC(=O)N2CCN(C(=O)c3ccc(Br)cc3)CC2)cc1. The van der Waals surface area contributed by atoms with E-state index in [1.165, 1.54) is 5.56 Å². The summed E-state index contributed by atoms with van der Waals surface area (Å²) in [5, 5.41) is 0. The van der Waals surface area contributed by atoms with Crippen LogP contribution in [0.25, 0.3) is 0 Å². The van der Waals surface area contributed by atoms with Crippen LogP contribution < -0.4 is 4.74 Å². The summed E-state index contributed by atoms with van der Waals surface area (Å²) in [5.41, 5.74) is 1.94. The third-order valence-corrected chi connectivity index (χ3v) is 5.36. The van der Waals surface area contributed by atoms with Crippen molar-refractivity contribution in [3.8, 4) is 5.75 Å². The number of hydrogen-bond donors (Lipinski definition) is 0. The van der Waals surface area contributed by atoms with E-state index in [-0.39, 0.29) is 18.4 Å². The van der Waals surface area contributed by atoms with Gasteiger partial charge in [-0.25, -0.2) is 0 Å². The maximum absolute atomic E-state index is 12.6. The van der Waals surface area contributed by atoms with Crippen molar-refractivity contribution < 1.29 is 14.3 Å². The van der Waals surface area contributed by atoms with Crippen LogP contribution in [0.1, 0.15) is 29.3 Å². The zero-order valence-electron chi connectivity index (χ0n) is 16.1. The maximum atomic E-state index is 12.6. The minimum Gasteiger partial charge on any atom is -0.484 e. The highest BCUT2D eigenvalue weighted by atomic mass is 79.9. The Morgan fingerprint density at radius 3 is 2.14 bits per heavy atom. The third-order valence-electron chi connectivity index (χ3n) is 4.84. The van der Waals surface area contributed by atoms with Crippen molar-refractivity contribution >= 4 is 27.7 Å². The average molecular weight is 445 g/mol. The number of carbonyl (C=O) groups is 2. The third kappa shape index (κ3) is 5.35. The summed E-state index contributed by atoms with van der Waals surface area (Å²) in [7, 11) is 0. The molecule has 5 nitrogen and oxygen atoms in total. The second-order valence-corrected chi connectivity index (χ2v) is 7.78. The molecule has 1 heterocycles. The molecule has 2 aromatic carbocycles. The van der Waals surface area contributed by atoms with Gasteiger partial charge in [0.05, 0.1) is 0 Å². The van der Waals surface area contributed by atoms with Gasteiger partial charge in [-0.3, -0.25) is 9.59 Å². The fraction of sp³-hybridized carbons (Fsp3) is 0.364. The highest BCUT2D eigenvalue weighted by molar-refractivity contribution is 9.10. The zero-order valence-corrected chi connectivity index (χ0v) is 17.7. The van der Waals surface area contributed by atoms with E-state index < -0.39 is 0 Å². The summed E-state index contributed by atoms with van der Waals surface area (Å²) in [6, 6.07) is 15.2. The van der Waals surface area contributed by atoms with Crippen LogP contribution >= 0.6 is 15.9 Å². The summed E-state index contributed by atoms with van der Waals surface area (Å²) in [5.74, 6) is 0.661. The Morgan fingerprint density at radius 2 is 1.54 bits per heavy atom. The van der Waals surface area contributed by atoms with Gasteiger partial charge in [-0.15, -0.1) is 0 Å². The van der Waals surface area contributed by atoms with Gasteiger partial charge < -0.3 is 14.5 Å². The Hall–Kier alpha value is -2.34. The molecule has 0 spiro atoms. The van der Waals surface area contributed by atoms with Crippen LogP contribution in [0.15, 0.2) is 53.0 Å². The molecule has 0 atom stereocenters. The predicted molar refractivity (Wildman–Crippen MR) is 113 cm³/mol. The second kappa shape index (κ2) is 9.73. The average Bonchev–Trinajstić information content (AvgIpc) is 2.73. The first-order valence-electron chi connectivity index (χ1n) is 9.61. The Kier molecular flexibility index (Phi) is 7.09. The number of benzene rings is 2. The van der Waals surface area contributed by atoms with Gasteiger partial charge in [0.15, 0.2) is 6.61 Å². The van der Waals surface area contributed by atoms with E-state index in [1.807, 2.05) is 48.5 Å². The highest BCUT2D eigenvalue weighted by Gasteiger charge is 2.25. The van der Waals surface area contributed by atoms with Gasteiger partial charge >= 0.3 is 0 Å². The summed E-state index contributed by atoms with van der Waals surface area (Å²) in [6.07, 6.45) is 2.15. The van der Waals surface area contributed by atoms with Gasteiger partial charge in [-0.05, 0) is 48.4 Å². The van der Waals surface area contributed by atoms with E-state index in [9.17, 15) is 9.59 Å². The molecule has 1 fully saturated rings. The first-order chi connectivity index (χ1) is 13.6. The summed E-state index contributed by atoms with van der Waals surface area (Å²) >= 11 is 3.38. The molecule has 0 N–H and O–H groups in total. The molecule has 1 aliphatic heterocycles. The lowest BCUT2D eigenvalue weighted by Crippen LogP contribution is -2.51. The number of piperazine rings is 1. The molecule has 0 aromatic heterocycles. The molecule has 0 unspecified atom stereocenters. The normalized spacial score (nSPS) is 14.1. The van der Waals surface area contributed by atoms with Crippen LogP contribution in [0.4, 0.5) is 0 Å². The number of carbonyl (C=O) groups excluding carboxylic acids is 2. The molecule has 1 saturated heterocycles. The molecular weight excluding hydrogens is 420 g/mol. The van der Waals surface area contributed by atoms with E-state index in [1.54, 1.807) is 9.80 Å². The van der Waals surface area contributed by atoms with Crippen molar-refractivity contribution in [2.24, 2.45) is 0 Å². The molecule has 6 heteroatoms. The number of hydrogen-bond acceptors (Lipinski definition) is 3. The maximum Gasteiger partial charge on any atom is 0.260 e. The number of rotatable bonds is 6. The molecule has 28 heavy (non-hydrogen) atoms. The van der Waals surface area contributed by atoms with E-state index in [0.717, 1.165) is 17.3 Å². The minimum absolute atomic E-state index is 0.00279. The van der Waals surface area contributed by atoms with Crippen molar-refractivity contribution in [1.29, 1.82) is 0 Å². The Balaban J connectivity index is 1.45. The molecule has 0 radical (unpaired) electrons. The quantitative estimate of drug-likeness (QED) is 0.681. The number of aryl methyl sites for hydroxylation is 1. The molecular formula is C22H25BrN2O3. The van der Waals surface area contributed by atoms with Crippen molar-refractivity contribution in [2.45, 2.75) is 19.8 Å². The largest absolute Gasteiger partial charge is 0.484 e. The van der Waals surface area contributed by atoms with Crippen molar-refractivity contribution in [3.63, 3.8) is 0 Å². The summed E-state index contributed by atoms with van der Waals surface area (Å²) in [4.78, 5) is 28.5. The number of amides is 2. The van der Waals surface area contributed by atoms with Crippen LogP contribution in [0.3, 0.4) is 0 Å². The lowest BCUT2D eigenvalue weighted by Gasteiger charge is -2.34. The molecule has 0 bridgehead atoms. The van der Waals surface area contributed by atoms with Gasteiger partial charge in [0.25, 0.3) is 11.8 Å². The second-order valence-electron chi connectivity index (χ2n) is 6.86. The minimum atomic E-state index is -0.0478. The van der Waals surface area contributed by atoms with Gasteiger partial charge in [0.2, 0.25) is 0 Å². The molecule has 3 rings (SSSR count). The molecule has 1 aliphatic rings. The Morgan fingerprint density at radius 1 is 0.929 bits per heavy atom. The fourth-order valence-corrected chi connectivity index (χ4v) is 3.48. The smallest absolute Gasteiger partial charge is 0.260 e. The number of ether oxygens (including phenoxy) is 1. The van der Waals surface area contributed by atoms with E-state index >= 15 is 0 Å². The summed E-state index contributed by atoms with van der Waals surface area (Å²) in [6.45, 7) is 4.29. The monoisotopic (exact) mass is 444 g/mol. The van der Waals surface area contributed by atoms with Crippen molar-refractivity contribution in [3.05, 3.63) is 64.1 Å². The highest BCUT2D eigenvalue weighted by Crippen LogP contribution is 2.15.